The van der Waals surface area contributed by atoms with Crippen LogP contribution in [0.5, 0.6) is 5.88 Å². The third kappa shape index (κ3) is 4.56. The number of nitrogens with one attached hydrogen (secondary N) is 1. The Balaban J connectivity index is 2.10. The normalized spacial score (nSPS) is 11.5. The summed E-state index contributed by atoms with van der Waals surface area (Å²) in [6, 6.07) is 10.9. The zero-order valence-electron chi connectivity index (χ0n) is 14.9. The summed E-state index contributed by atoms with van der Waals surface area (Å²) in [5, 5.41) is 2.57. The Morgan fingerprint density at radius 1 is 1.16 bits per heavy atom. The van der Waals surface area contributed by atoms with Crippen LogP contribution in [0.1, 0.15) is 23.7 Å². The molecule has 1 heterocycles. The Kier molecular flexibility index (Phi) is 6.11. The van der Waals surface area contributed by atoms with E-state index in [-0.39, 0.29) is 24.3 Å². The quantitative estimate of drug-likeness (QED) is 0.875. The molecule has 1 aromatic heterocycles. The molecule has 0 bridgehead atoms. The average Bonchev–Trinajstić information content (AvgIpc) is 2.66. The molecule has 0 saturated heterocycles. The highest BCUT2D eigenvalue weighted by Crippen LogP contribution is 2.21. The fourth-order valence-corrected chi connectivity index (χ4v) is 2.39. The molecule has 0 radical (unpaired) electrons. The third-order valence-electron chi connectivity index (χ3n) is 4.15. The van der Waals surface area contributed by atoms with Gasteiger partial charge in [-0.2, -0.15) is 0 Å². The molecule has 2 amide bonds. The van der Waals surface area contributed by atoms with Crippen molar-refractivity contribution in [3.05, 3.63) is 48.2 Å². The van der Waals surface area contributed by atoms with Crippen molar-refractivity contribution < 1.29 is 14.3 Å². The van der Waals surface area contributed by atoms with Crippen molar-refractivity contribution in [2.75, 3.05) is 21.2 Å². The van der Waals surface area contributed by atoms with Gasteiger partial charge in [0.1, 0.15) is 0 Å². The molecule has 1 N–H and O–H groups in total. The van der Waals surface area contributed by atoms with Crippen LogP contribution in [0, 0.1) is 0 Å². The van der Waals surface area contributed by atoms with Gasteiger partial charge < -0.3 is 15.0 Å². The van der Waals surface area contributed by atoms with Gasteiger partial charge in [0.05, 0.1) is 7.11 Å². The van der Waals surface area contributed by atoms with Crippen LogP contribution in [0.4, 0.5) is 0 Å². The third-order valence-corrected chi connectivity index (χ3v) is 4.15. The lowest BCUT2D eigenvalue weighted by atomic mass is 10.0. The summed E-state index contributed by atoms with van der Waals surface area (Å²) in [7, 11) is 4.87. The molecule has 132 valence electrons. The number of rotatable bonds is 6. The van der Waals surface area contributed by atoms with Gasteiger partial charge >= 0.3 is 0 Å². The molecule has 0 aliphatic carbocycles. The molecule has 6 heteroatoms. The molecule has 1 atom stereocenters. The average molecular weight is 341 g/mol. The first-order valence-corrected chi connectivity index (χ1v) is 8.04. The van der Waals surface area contributed by atoms with Crippen LogP contribution in [-0.4, -0.2) is 48.9 Å². The van der Waals surface area contributed by atoms with Crippen LogP contribution in [-0.2, 0) is 4.79 Å². The van der Waals surface area contributed by atoms with Crippen LogP contribution in [0.3, 0.4) is 0 Å². The first-order valence-electron chi connectivity index (χ1n) is 8.04. The summed E-state index contributed by atoms with van der Waals surface area (Å²) in [5.74, 6) is 0.354. The van der Waals surface area contributed by atoms with Crippen molar-refractivity contribution in [1.29, 1.82) is 0 Å². The SMILES string of the molecule is CNC(=O)CC(C)N(C)C(=O)c1ccc(-c2ccc(OC)nc2)cc1. The first-order chi connectivity index (χ1) is 12.0. The lowest BCUT2D eigenvalue weighted by molar-refractivity contribution is -0.121. The number of benzene rings is 1. The summed E-state index contributed by atoms with van der Waals surface area (Å²) >= 11 is 0. The number of nitrogens with zero attached hydrogens (tertiary/aromatic N) is 2. The molecule has 2 aromatic rings. The van der Waals surface area contributed by atoms with E-state index >= 15 is 0 Å². The predicted octanol–water partition coefficient (Wildman–Crippen LogP) is 2.35. The van der Waals surface area contributed by atoms with Crippen molar-refractivity contribution in [2.24, 2.45) is 0 Å². The van der Waals surface area contributed by atoms with Crippen LogP contribution in [0.15, 0.2) is 42.6 Å². The number of carbonyl (C=O) groups is 2. The van der Waals surface area contributed by atoms with E-state index in [1.165, 1.54) is 0 Å². The number of methoxy groups -OCH3 is 1. The molecule has 1 aromatic carbocycles. The molecule has 0 aliphatic heterocycles. The Morgan fingerprint density at radius 2 is 1.80 bits per heavy atom. The fourth-order valence-electron chi connectivity index (χ4n) is 2.39. The van der Waals surface area contributed by atoms with E-state index in [1.807, 2.05) is 25.1 Å². The van der Waals surface area contributed by atoms with Crippen molar-refractivity contribution in [3.63, 3.8) is 0 Å². The van der Waals surface area contributed by atoms with E-state index in [4.69, 9.17) is 4.74 Å². The molecule has 0 saturated carbocycles. The van der Waals surface area contributed by atoms with E-state index in [0.717, 1.165) is 11.1 Å². The number of ether oxygens (including phenoxy) is 1. The summed E-state index contributed by atoms with van der Waals surface area (Å²) in [6.07, 6.45) is 2.00. The van der Waals surface area contributed by atoms with Gasteiger partial charge in [-0.05, 0) is 30.7 Å². The number of amides is 2. The molecule has 0 aliphatic rings. The zero-order chi connectivity index (χ0) is 18.4. The van der Waals surface area contributed by atoms with Gasteiger partial charge in [0.2, 0.25) is 11.8 Å². The van der Waals surface area contributed by atoms with E-state index in [9.17, 15) is 9.59 Å². The van der Waals surface area contributed by atoms with Gasteiger partial charge in [0.25, 0.3) is 5.91 Å². The highest BCUT2D eigenvalue weighted by atomic mass is 16.5. The van der Waals surface area contributed by atoms with E-state index in [1.54, 1.807) is 50.5 Å². The summed E-state index contributed by atoms with van der Waals surface area (Å²) in [6.45, 7) is 1.85. The minimum Gasteiger partial charge on any atom is -0.481 e. The second kappa shape index (κ2) is 8.28. The standard InChI is InChI=1S/C19H23N3O3/c1-13(11-17(23)20-2)22(3)19(24)15-7-5-14(6-8-15)16-9-10-18(25-4)21-12-16/h5-10,12-13H,11H2,1-4H3,(H,20,23). The molecular formula is C19H23N3O3. The zero-order valence-corrected chi connectivity index (χ0v) is 14.9. The predicted molar refractivity (Wildman–Crippen MR) is 96.5 cm³/mol. The number of aromatic nitrogens is 1. The van der Waals surface area contributed by atoms with E-state index in [0.29, 0.717) is 11.4 Å². The minimum absolute atomic E-state index is 0.0884. The topological polar surface area (TPSA) is 71.5 Å². The molecule has 25 heavy (non-hydrogen) atoms. The highest BCUT2D eigenvalue weighted by molar-refractivity contribution is 5.95. The minimum atomic E-state index is -0.182. The second-order valence-electron chi connectivity index (χ2n) is 5.81. The molecule has 6 nitrogen and oxygen atoms in total. The summed E-state index contributed by atoms with van der Waals surface area (Å²) in [5.41, 5.74) is 2.49. The number of hydrogen-bond donors (Lipinski definition) is 1. The lowest BCUT2D eigenvalue weighted by Gasteiger charge is -2.24. The molecule has 1 unspecified atom stereocenters. The van der Waals surface area contributed by atoms with Gasteiger partial charge in [-0.1, -0.05) is 12.1 Å². The van der Waals surface area contributed by atoms with Gasteiger partial charge in [0, 0.05) is 49.9 Å². The van der Waals surface area contributed by atoms with Gasteiger partial charge in [0.15, 0.2) is 0 Å². The van der Waals surface area contributed by atoms with E-state index in [2.05, 4.69) is 10.3 Å². The maximum absolute atomic E-state index is 12.6. The summed E-state index contributed by atoms with van der Waals surface area (Å²) < 4.78 is 5.05. The molecule has 2 rings (SSSR count). The van der Waals surface area contributed by atoms with Crippen molar-refractivity contribution >= 4 is 11.8 Å². The Morgan fingerprint density at radius 3 is 2.32 bits per heavy atom. The van der Waals surface area contributed by atoms with Crippen LogP contribution < -0.4 is 10.1 Å². The summed E-state index contributed by atoms with van der Waals surface area (Å²) in [4.78, 5) is 29.8. The van der Waals surface area contributed by atoms with Crippen molar-refractivity contribution in [1.82, 2.24) is 15.2 Å². The van der Waals surface area contributed by atoms with Crippen molar-refractivity contribution in [3.8, 4) is 17.0 Å². The smallest absolute Gasteiger partial charge is 0.253 e. The van der Waals surface area contributed by atoms with Crippen molar-refractivity contribution in [2.45, 2.75) is 19.4 Å². The lowest BCUT2D eigenvalue weighted by Crippen LogP contribution is -2.38. The molecule has 0 spiro atoms. The van der Waals surface area contributed by atoms with Gasteiger partial charge in [-0.25, -0.2) is 4.98 Å². The second-order valence-corrected chi connectivity index (χ2v) is 5.81. The van der Waals surface area contributed by atoms with E-state index < -0.39 is 0 Å². The highest BCUT2D eigenvalue weighted by Gasteiger charge is 2.19. The van der Waals surface area contributed by atoms with Gasteiger partial charge in [-0.3, -0.25) is 9.59 Å². The molecular weight excluding hydrogens is 318 g/mol. The van der Waals surface area contributed by atoms with Gasteiger partial charge in [-0.15, -0.1) is 0 Å². The maximum Gasteiger partial charge on any atom is 0.253 e. The largest absolute Gasteiger partial charge is 0.481 e. The van der Waals surface area contributed by atoms with Crippen LogP contribution in [0.2, 0.25) is 0 Å². The monoisotopic (exact) mass is 341 g/mol. The van der Waals surface area contributed by atoms with Crippen LogP contribution >= 0.6 is 0 Å². The van der Waals surface area contributed by atoms with Crippen LogP contribution in [0.25, 0.3) is 11.1 Å². The number of carbonyl (C=O) groups excluding carboxylic acids is 2. The molecule has 0 fully saturated rings. The maximum atomic E-state index is 12.6. The number of pyridine rings is 1. The number of hydrogen-bond acceptors (Lipinski definition) is 4. The Bertz CT molecular complexity index is 727. The first kappa shape index (κ1) is 18.4. The Hall–Kier alpha value is -2.89. The Labute approximate surface area is 147 Å². The fraction of sp³-hybridized carbons (Fsp3) is 0.316.